The molecule has 2 heterocycles. The summed E-state index contributed by atoms with van der Waals surface area (Å²) < 4.78 is 4.36. The van der Waals surface area contributed by atoms with Crippen LogP contribution in [-0.2, 0) is 13.5 Å². The predicted molar refractivity (Wildman–Crippen MR) is 101 cm³/mol. The average molecular weight is 416 g/mol. The second-order valence-corrected chi connectivity index (χ2v) is 6.57. The van der Waals surface area contributed by atoms with Gasteiger partial charge in [0.05, 0.1) is 23.1 Å². The van der Waals surface area contributed by atoms with Crippen LogP contribution in [-0.4, -0.2) is 26.2 Å². The summed E-state index contributed by atoms with van der Waals surface area (Å²) >= 11 is 3.40. The summed E-state index contributed by atoms with van der Waals surface area (Å²) in [5.74, 6) is -0.794. The predicted octanol–water partition coefficient (Wildman–Crippen LogP) is 2.61. The largest absolute Gasteiger partial charge is 0.347 e. The molecule has 2 amide bonds. The Morgan fingerprint density at radius 3 is 2.42 bits per heavy atom. The summed E-state index contributed by atoms with van der Waals surface area (Å²) in [5, 5.41) is 4.32. The van der Waals surface area contributed by atoms with Crippen LogP contribution in [0.4, 0.5) is 0 Å². The van der Waals surface area contributed by atoms with Crippen molar-refractivity contribution in [1.82, 2.24) is 25.2 Å². The lowest BCUT2D eigenvalue weighted by Gasteiger charge is -2.10. The number of amides is 2. The van der Waals surface area contributed by atoms with E-state index in [1.54, 1.807) is 34.6 Å². The molecule has 2 aromatic heterocycles. The Hall–Kier alpha value is -2.87. The van der Waals surface area contributed by atoms with Gasteiger partial charge in [-0.1, -0.05) is 22.9 Å². The van der Waals surface area contributed by atoms with Gasteiger partial charge in [-0.2, -0.15) is 5.10 Å². The van der Waals surface area contributed by atoms with Crippen LogP contribution in [0.5, 0.6) is 0 Å². The normalized spacial score (nSPS) is 10.6. The van der Waals surface area contributed by atoms with Crippen LogP contribution < -0.4 is 10.9 Å². The van der Waals surface area contributed by atoms with E-state index < -0.39 is 5.91 Å². The molecule has 1 aromatic carbocycles. The zero-order valence-electron chi connectivity index (χ0n) is 14.4. The third-order valence-corrected chi connectivity index (χ3v) is 4.51. The van der Waals surface area contributed by atoms with E-state index in [-0.39, 0.29) is 5.91 Å². The Kier molecular flexibility index (Phi) is 5.22. The van der Waals surface area contributed by atoms with Gasteiger partial charge in [0, 0.05) is 17.7 Å². The van der Waals surface area contributed by atoms with Gasteiger partial charge < -0.3 is 4.57 Å². The summed E-state index contributed by atoms with van der Waals surface area (Å²) in [7, 11) is 1.76. The molecule has 0 saturated carbocycles. The van der Waals surface area contributed by atoms with E-state index in [0.29, 0.717) is 17.7 Å². The van der Waals surface area contributed by atoms with Crippen molar-refractivity contribution in [3.05, 3.63) is 70.2 Å². The summed E-state index contributed by atoms with van der Waals surface area (Å²) in [5.41, 5.74) is 7.37. The zero-order valence-corrected chi connectivity index (χ0v) is 15.9. The maximum Gasteiger partial charge on any atom is 0.286 e. The first-order valence-electron chi connectivity index (χ1n) is 8.06. The number of hydrogen-bond acceptors (Lipinski definition) is 3. The van der Waals surface area contributed by atoms with Crippen molar-refractivity contribution in [2.24, 2.45) is 7.05 Å². The number of aryl methyl sites for hydroxylation is 1. The molecule has 0 spiro atoms. The molecule has 0 aliphatic carbocycles. The smallest absolute Gasteiger partial charge is 0.286 e. The third-order valence-electron chi connectivity index (χ3n) is 3.99. The van der Waals surface area contributed by atoms with Crippen LogP contribution in [0.1, 0.15) is 33.5 Å². The molecule has 7 nitrogen and oxygen atoms in total. The number of carbonyl (C=O) groups excluding carboxylic acids is 2. The minimum Gasteiger partial charge on any atom is -0.347 e. The number of halogens is 1. The lowest BCUT2D eigenvalue weighted by Crippen LogP contribution is -2.42. The number of carbonyl (C=O) groups is 2. The van der Waals surface area contributed by atoms with E-state index in [1.165, 1.54) is 6.20 Å². The van der Waals surface area contributed by atoms with Crippen molar-refractivity contribution in [2.75, 3.05) is 0 Å². The summed E-state index contributed by atoms with van der Waals surface area (Å²) in [6, 6.07) is 11.1. The van der Waals surface area contributed by atoms with E-state index in [0.717, 1.165) is 15.9 Å². The highest BCUT2D eigenvalue weighted by atomic mass is 79.9. The second kappa shape index (κ2) is 7.57. The van der Waals surface area contributed by atoms with Crippen LogP contribution in [0.3, 0.4) is 0 Å². The monoisotopic (exact) mass is 415 g/mol. The van der Waals surface area contributed by atoms with E-state index in [1.807, 2.05) is 31.2 Å². The van der Waals surface area contributed by atoms with E-state index >= 15 is 0 Å². The van der Waals surface area contributed by atoms with Crippen molar-refractivity contribution < 1.29 is 9.59 Å². The minimum atomic E-state index is -0.409. The molecule has 0 fully saturated rings. The number of aromatic nitrogens is 3. The molecule has 134 valence electrons. The van der Waals surface area contributed by atoms with Gasteiger partial charge in [0.15, 0.2) is 0 Å². The SMILES string of the molecule is CCc1c(C(=O)NNC(=O)c2cccn2C)cnn1-c1ccc(Br)cc1. The summed E-state index contributed by atoms with van der Waals surface area (Å²) in [6.07, 6.45) is 3.88. The topological polar surface area (TPSA) is 81.0 Å². The first kappa shape index (κ1) is 17.9. The van der Waals surface area contributed by atoms with Crippen molar-refractivity contribution in [3.8, 4) is 5.69 Å². The number of hydrazine groups is 1. The molecule has 8 heteroatoms. The fraction of sp³-hybridized carbons (Fsp3) is 0.167. The van der Waals surface area contributed by atoms with Crippen molar-refractivity contribution >= 4 is 27.7 Å². The van der Waals surface area contributed by atoms with Gasteiger partial charge >= 0.3 is 0 Å². The number of nitrogens with zero attached hydrogens (tertiary/aromatic N) is 3. The molecular weight excluding hydrogens is 398 g/mol. The molecule has 3 rings (SSSR count). The molecule has 0 aliphatic heterocycles. The van der Waals surface area contributed by atoms with Crippen LogP contribution >= 0.6 is 15.9 Å². The maximum atomic E-state index is 12.5. The molecule has 26 heavy (non-hydrogen) atoms. The Labute approximate surface area is 159 Å². The first-order valence-corrected chi connectivity index (χ1v) is 8.85. The molecule has 3 aromatic rings. The van der Waals surface area contributed by atoms with Crippen molar-refractivity contribution in [2.45, 2.75) is 13.3 Å². The van der Waals surface area contributed by atoms with Gasteiger partial charge in [-0.3, -0.25) is 20.4 Å². The van der Waals surface area contributed by atoms with Crippen LogP contribution in [0.25, 0.3) is 5.69 Å². The van der Waals surface area contributed by atoms with Crippen molar-refractivity contribution in [1.29, 1.82) is 0 Å². The highest BCUT2D eigenvalue weighted by Gasteiger charge is 2.18. The van der Waals surface area contributed by atoms with Crippen molar-refractivity contribution in [3.63, 3.8) is 0 Å². The molecule has 0 aliphatic rings. The van der Waals surface area contributed by atoms with Gasteiger partial charge in [-0.05, 0) is 42.8 Å². The van der Waals surface area contributed by atoms with Crippen LogP contribution in [0.15, 0.2) is 53.3 Å². The van der Waals surface area contributed by atoms with E-state index in [4.69, 9.17) is 0 Å². The highest BCUT2D eigenvalue weighted by molar-refractivity contribution is 9.10. The Bertz CT molecular complexity index is 943. The molecule has 0 atom stereocenters. The minimum absolute atomic E-state index is 0.385. The summed E-state index contributed by atoms with van der Waals surface area (Å²) in [4.78, 5) is 24.6. The number of benzene rings is 1. The van der Waals surface area contributed by atoms with Crippen LogP contribution in [0, 0.1) is 0 Å². The fourth-order valence-corrected chi connectivity index (χ4v) is 2.91. The Morgan fingerprint density at radius 2 is 1.81 bits per heavy atom. The van der Waals surface area contributed by atoms with E-state index in [2.05, 4.69) is 31.9 Å². The molecule has 2 N–H and O–H groups in total. The van der Waals surface area contributed by atoms with Gasteiger partial charge in [0.1, 0.15) is 5.69 Å². The number of hydrogen-bond donors (Lipinski definition) is 2. The summed E-state index contributed by atoms with van der Waals surface area (Å²) in [6.45, 7) is 1.95. The standard InChI is InChI=1S/C18H18BrN5O2/c1-3-15-14(11-20-24(15)13-8-6-12(19)7-9-13)17(25)21-22-18(26)16-5-4-10-23(16)2/h4-11H,3H2,1-2H3,(H,21,25)(H,22,26). The second-order valence-electron chi connectivity index (χ2n) is 5.66. The van der Waals surface area contributed by atoms with Gasteiger partial charge in [-0.25, -0.2) is 4.68 Å². The lowest BCUT2D eigenvalue weighted by atomic mass is 10.2. The molecular formula is C18H18BrN5O2. The number of nitrogens with one attached hydrogen (secondary N) is 2. The number of rotatable bonds is 4. The van der Waals surface area contributed by atoms with Gasteiger partial charge in [0.2, 0.25) is 0 Å². The van der Waals surface area contributed by atoms with Crippen LogP contribution in [0.2, 0.25) is 0 Å². The maximum absolute atomic E-state index is 12.5. The first-order chi connectivity index (χ1) is 12.5. The molecule has 0 radical (unpaired) electrons. The quantitative estimate of drug-likeness (QED) is 0.642. The van der Waals surface area contributed by atoms with Gasteiger partial charge in [0.25, 0.3) is 11.8 Å². The molecule has 0 bridgehead atoms. The van der Waals surface area contributed by atoms with Gasteiger partial charge in [-0.15, -0.1) is 0 Å². The molecule has 0 unspecified atom stereocenters. The average Bonchev–Trinajstić information content (AvgIpc) is 3.26. The Balaban J connectivity index is 1.76. The molecule has 0 saturated heterocycles. The Morgan fingerprint density at radius 1 is 1.12 bits per heavy atom. The lowest BCUT2D eigenvalue weighted by molar-refractivity contribution is 0.0841. The fourth-order valence-electron chi connectivity index (χ4n) is 2.65. The zero-order chi connectivity index (χ0) is 18.7. The highest BCUT2D eigenvalue weighted by Crippen LogP contribution is 2.18. The van der Waals surface area contributed by atoms with E-state index in [9.17, 15) is 9.59 Å². The third kappa shape index (κ3) is 3.55.